The summed E-state index contributed by atoms with van der Waals surface area (Å²) in [6, 6.07) is 0. The topological polar surface area (TPSA) is 68.3 Å². The van der Waals surface area contributed by atoms with Gasteiger partial charge in [-0.1, -0.05) is 24.3 Å². The first-order chi connectivity index (χ1) is 12.4. The van der Waals surface area contributed by atoms with E-state index in [4.69, 9.17) is 0 Å². The molecule has 0 radical (unpaired) electrons. The Labute approximate surface area is 161 Å². The molecule has 0 aromatic heterocycles. The van der Waals surface area contributed by atoms with Gasteiger partial charge in [0.1, 0.15) is 19.7 Å². The van der Waals surface area contributed by atoms with Crippen molar-refractivity contribution in [3.63, 3.8) is 0 Å². The standard InChI is InChI=1S/C20H36O4S2/c21-25(22)17-13-9-5-1-2-6-10-14-18-26(23,24)20-16-12-8-4-3-7-11-15-19-25/h1-4H,5-20H2/b2-1-,4-3-. The summed E-state index contributed by atoms with van der Waals surface area (Å²) in [5, 5.41) is 0. The van der Waals surface area contributed by atoms with E-state index in [2.05, 4.69) is 24.3 Å². The second kappa shape index (κ2) is 13.5. The molecule has 0 aromatic carbocycles. The van der Waals surface area contributed by atoms with Gasteiger partial charge in [0.2, 0.25) is 0 Å². The predicted octanol–water partition coefficient (Wildman–Crippen LogP) is 4.62. The lowest BCUT2D eigenvalue weighted by atomic mass is 10.2. The highest BCUT2D eigenvalue weighted by atomic mass is 32.2. The van der Waals surface area contributed by atoms with Crippen LogP contribution in [0.25, 0.3) is 0 Å². The number of hydrogen-bond donors (Lipinski definition) is 0. The molecule has 0 saturated heterocycles. The Balaban J connectivity index is 2.43. The Kier molecular flexibility index (Phi) is 12.2. The largest absolute Gasteiger partial charge is 0.229 e. The Morgan fingerprint density at radius 1 is 0.385 bits per heavy atom. The van der Waals surface area contributed by atoms with Crippen molar-refractivity contribution in [3.8, 4) is 0 Å². The van der Waals surface area contributed by atoms with Gasteiger partial charge in [0.05, 0.1) is 23.0 Å². The van der Waals surface area contributed by atoms with E-state index in [1.807, 2.05) is 0 Å². The molecule has 0 spiro atoms. The van der Waals surface area contributed by atoms with Crippen LogP contribution in [0.5, 0.6) is 0 Å². The van der Waals surface area contributed by atoms with Gasteiger partial charge >= 0.3 is 0 Å². The van der Waals surface area contributed by atoms with Crippen LogP contribution in [0, 0.1) is 0 Å². The van der Waals surface area contributed by atoms with Crippen molar-refractivity contribution < 1.29 is 16.8 Å². The summed E-state index contributed by atoms with van der Waals surface area (Å²) in [7, 11) is -5.79. The van der Waals surface area contributed by atoms with E-state index >= 15 is 0 Å². The third-order valence-corrected chi connectivity index (χ3v) is 8.28. The maximum atomic E-state index is 12.0. The summed E-state index contributed by atoms with van der Waals surface area (Å²) in [6.45, 7) is 0. The molecule has 0 aliphatic carbocycles. The molecule has 152 valence electrons. The molecule has 1 aliphatic heterocycles. The molecule has 0 saturated carbocycles. The summed E-state index contributed by atoms with van der Waals surface area (Å²) in [5.41, 5.74) is 0. The predicted molar refractivity (Wildman–Crippen MR) is 111 cm³/mol. The zero-order valence-electron chi connectivity index (χ0n) is 16.1. The smallest absolute Gasteiger partial charge is 0.150 e. The van der Waals surface area contributed by atoms with E-state index in [-0.39, 0.29) is 0 Å². The number of hydrogen-bond acceptors (Lipinski definition) is 4. The van der Waals surface area contributed by atoms with Crippen molar-refractivity contribution in [3.05, 3.63) is 24.3 Å². The fourth-order valence-electron chi connectivity index (χ4n) is 3.01. The molecule has 0 bridgehead atoms. The second-order valence-electron chi connectivity index (χ2n) is 7.23. The quantitative estimate of drug-likeness (QED) is 0.552. The highest BCUT2D eigenvalue weighted by Crippen LogP contribution is 2.09. The number of sulfone groups is 2. The van der Waals surface area contributed by atoms with Gasteiger partial charge in [-0.25, -0.2) is 16.8 Å². The van der Waals surface area contributed by atoms with Gasteiger partial charge in [-0.05, 0) is 77.0 Å². The van der Waals surface area contributed by atoms with Crippen molar-refractivity contribution in [1.29, 1.82) is 0 Å². The van der Waals surface area contributed by atoms with Crippen molar-refractivity contribution >= 4 is 19.7 Å². The molecule has 0 atom stereocenters. The number of rotatable bonds is 0. The lowest BCUT2D eigenvalue weighted by molar-refractivity contribution is 0.585. The third kappa shape index (κ3) is 13.6. The van der Waals surface area contributed by atoms with E-state index in [1.165, 1.54) is 0 Å². The first kappa shape index (κ1) is 23.4. The average Bonchev–Trinajstić information content (AvgIpc) is 2.57. The van der Waals surface area contributed by atoms with Crippen LogP contribution in [0.15, 0.2) is 24.3 Å². The normalized spacial score (nSPS) is 27.4. The summed E-state index contributed by atoms with van der Waals surface area (Å²) >= 11 is 0. The summed E-state index contributed by atoms with van der Waals surface area (Å²) in [5.74, 6) is 1.20. The molecule has 0 fully saturated rings. The molecule has 0 N–H and O–H groups in total. The van der Waals surface area contributed by atoms with Gasteiger partial charge in [0.15, 0.2) is 0 Å². The molecule has 4 nitrogen and oxygen atoms in total. The van der Waals surface area contributed by atoms with Crippen LogP contribution < -0.4 is 0 Å². The van der Waals surface area contributed by atoms with Crippen LogP contribution in [0.4, 0.5) is 0 Å². The molecule has 1 rings (SSSR count). The highest BCUT2D eigenvalue weighted by molar-refractivity contribution is 7.91. The van der Waals surface area contributed by atoms with Gasteiger partial charge in [-0.2, -0.15) is 0 Å². The summed E-state index contributed by atoms with van der Waals surface area (Å²) in [4.78, 5) is 0. The summed E-state index contributed by atoms with van der Waals surface area (Å²) < 4.78 is 47.9. The van der Waals surface area contributed by atoms with Gasteiger partial charge in [0, 0.05) is 0 Å². The van der Waals surface area contributed by atoms with Crippen LogP contribution in [0.2, 0.25) is 0 Å². The minimum Gasteiger partial charge on any atom is -0.229 e. The molecule has 0 unspecified atom stereocenters. The Morgan fingerprint density at radius 2 is 0.615 bits per heavy atom. The van der Waals surface area contributed by atoms with Crippen LogP contribution >= 0.6 is 0 Å². The van der Waals surface area contributed by atoms with E-state index in [0.29, 0.717) is 23.0 Å². The van der Waals surface area contributed by atoms with Crippen LogP contribution in [-0.2, 0) is 19.7 Å². The van der Waals surface area contributed by atoms with Crippen molar-refractivity contribution in [2.45, 2.75) is 77.0 Å². The Morgan fingerprint density at radius 3 is 0.846 bits per heavy atom. The molecule has 6 heteroatoms. The van der Waals surface area contributed by atoms with Gasteiger partial charge in [-0.3, -0.25) is 0 Å². The van der Waals surface area contributed by atoms with Crippen LogP contribution in [0.1, 0.15) is 77.0 Å². The van der Waals surface area contributed by atoms with Gasteiger partial charge in [-0.15, -0.1) is 0 Å². The van der Waals surface area contributed by atoms with Crippen molar-refractivity contribution in [2.75, 3.05) is 23.0 Å². The van der Waals surface area contributed by atoms with Crippen molar-refractivity contribution in [1.82, 2.24) is 0 Å². The van der Waals surface area contributed by atoms with E-state index in [0.717, 1.165) is 77.0 Å². The first-order valence-corrected chi connectivity index (χ1v) is 13.8. The lowest BCUT2D eigenvalue weighted by Crippen LogP contribution is -2.11. The van der Waals surface area contributed by atoms with E-state index in [1.54, 1.807) is 0 Å². The molecule has 26 heavy (non-hydrogen) atoms. The van der Waals surface area contributed by atoms with Gasteiger partial charge < -0.3 is 0 Å². The SMILES string of the molecule is O=S1(=O)CCCC/C=C\CCCCS(=O)(=O)CCCC/C=C\CCCC1. The summed E-state index contributed by atoms with van der Waals surface area (Å²) in [6.07, 6.45) is 18.5. The minimum absolute atomic E-state index is 0.300. The maximum absolute atomic E-state index is 12.0. The lowest BCUT2D eigenvalue weighted by Gasteiger charge is -2.04. The highest BCUT2D eigenvalue weighted by Gasteiger charge is 2.10. The molecule has 1 heterocycles. The second-order valence-corrected chi connectivity index (χ2v) is 11.8. The maximum Gasteiger partial charge on any atom is 0.150 e. The van der Waals surface area contributed by atoms with Crippen molar-refractivity contribution in [2.24, 2.45) is 0 Å². The van der Waals surface area contributed by atoms with Crippen LogP contribution in [0.3, 0.4) is 0 Å². The average molecular weight is 405 g/mol. The Hall–Kier alpha value is -0.620. The first-order valence-electron chi connectivity index (χ1n) is 10.1. The van der Waals surface area contributed by atoms with Crippen LogP contribution in [-0.4, -0.2) is 39.8 Å². The monoisotopic (exact) mass is 404 g/mol. The molecule has 0 aromatic rings. The number of allylic oxidation sites excluding steroid dienone is 4. The van der Waals surface area contributed by atoms with E-state index < -0.39 is 19.7 Å². The molecular weight excluding hydrogens is 368 g/mol. The third-order valence-electron chi connectivity index (χ3n) is 4.64. The fourth-order valence-corrected chi connectivity index (χ4v) is 6.00. The zero-order chi connectivity index (χ0) is 19.1. The van der Waals surface area contributed by atoms with E-state index in [9.17, 15) is 16.8 Å². The fraction of sp³-hybridized carbons (Fsp3) is 0.800. The zero-order valence-corrected chi connectivity index (χ0v) is 17.7. The molecular formula is C20H36O4S2. The minimum atomic E-state index is -2.90. The molecule has 0 amide bonds. The van der Waals surface area contributed by atoms with Gasteiger partial charge in [0.25, 0.3) is 0 Å². The Bertz CT molecular complexity index is 520. The molecule has 1 aliphatic rings.